The monoisotopic (exact) mass is 1870 g/mol. The summed E-state index contributed by atoms with van der Waals surface area (Å²) < 4.78 is 76.3. The molecule has 0 heterocycles. The second kappa shape index (κ2) is 52.5. The van der Waals surface area contributed by atoms with Crippen LogP contribution in [0, 0.1) is 0 Å². The molecule has 0 fully saturated rings. The van der Waals surface area contributed by atoms with E-state index in [1.807, 2.05) is 237 Å². The average Bonchev–Trinajstić information content (AvgIpc) is 0.835. The highest BCUT2D eigenvalue weighted by Crippen LogP contribution is 2.29. The van der Waals surface area contributed by atoms with Crippen LogP contribution >= 0.6 is 78.3 Å². The van der Waals surface area contributed by atoms with Gasteiger partial charge in [-0.15, -0.1) is 0 Å². The Balaban J connectivity index is 0.000000261. The third kappa shape index (κ3) is 38.3. The summed E-state index contributed by atoms with van der Waals surface area (Å²) in [4.78, 5) is 67.6. The number of esters is 2. The Morgan fingerprint density at radius 1 is 0.408 bits per heavy atom. The minimum Gasteiger partial charge on any atom is -0.479 e. The number of alkyl halides is 4. The number of rotatable bonds is 27. The van der Waals surface area contributed by atoms with Gasteiger partial charge >= 0.3 is 46.6 Å². The summed E-state index contributed by atoms with van der Waals surface area (Å²) in [5.74, 6) is -4.45. The lowest BCUT2D eigenvalue weighted by Gasteiger charge is -2.20. The van der Waals surface area contributed by atoms with Crippen LogP contribution in [-0.2, 0) is 102 Å². The second-order valence-corrected chi connectivity index (χ2v) is 30.9. The van der Waals surface area contributed by atoms with Crippen LogP contribution in [0.3, 0.4) is 0 Å². The molecule has 11 aromatic rings. The molecule has 0 spiro atoms. The molecule has 7 N–H and O–H groups in total. The Labute approximate surface area is 731 Å². The van der Waals surface area contributed by atoms with Gasteiger partial charge in [0.1, 0.15) is 25.4 Å². The van der Waals surface area contributed by atoms with Crippen molar-refractivity contribution in [2.24, 2.45) is 0 Å². The number of aliphatic hydroxyl groups is 3. The van der Waals surface area contributed by atoms with E-state index in [1.54, 1.807) is 37.3 Å². The van der Waals surface area contributed by atoms with Gasteiger partial charge in [0.2, 0.25) is 0 Å². The molecule has 11 aromatic carbocycles. The maximum Gasteiger partial charge on any atom is 0.523 e. The molecule has 0 amide bonds. The van der Waals surface area contributed by atoms with Gasteiger partial charge in [-0.3, -0.25) is 13.8 Å². The number of hydrogen-bond acceptors (Lipinski definition) is 17. The van der Waals surface area contributed by atoms with Crippen molar-refractivity contribution in [3.63, 3.8) is 0 Å². The summed E-state index contributed by atoms with van der Waals surface area (Å²) in [7, 11) is -7.09. The fourth-order valence-electron chi connectivity index (χ4n) is 9.99. The minimum atomic E-state index is -5.66. The van der Waals surface area contributed by atoms with Gasteiger partial charge < -0.3 is 49.8 Å². The van der Waals surface area contributed by atoms with E-state index < -0.39 is 89.0 Å². The van der Waals surface area contributed by atoms with E-state index in [2.05, 4.69) is 48.2 Å². The predicted molar refractivity (Wildman–Crippen MR) is 467 cm³/mol. The molecule has 0 unspecified atom stereocenters. The van der Waals surface area contributed by atoms with E-state index in [4.69, 9.17) is 86.0 Å². The number of ketones is 2. The Hall–Kier alpha value is -9.72. The van der Waals surface area contributed by atoms with E-state index in [0.29, 0.717) is 32.0 Å². The largest absolute Gasteiger partial charge is 0.523 e. The fraction of sp³-hybridized carbons (Fsp3) is 0.200. The number of carboxylic acid groups (broad SMARTS) is 2. The van der Waals surface area contributed by atoms with E-state index >= 15 is 0 Å². The zero-order valence-electron chi connectivity index (χ0n) is 65.0. The first-order valence-corrected chi connectivity index (χ1v) is 41.3. The van der Waals surface area contributed by atoms with Crippen LogP contribution < -0.4 is 5.46 Å². The number of carbonyl (C=O) groups excluding carboxylic acids is 4. The zero-order chi connectivity index (χ0) is 88.5. The Kier molecular flexibility index (Phi) is 44.1. The van der Waals surface area contributed by atoms with Gasteiger partial charge in [0.05, 0.1) is 0 Å². The molecule has 0 bridgehead atoms. The topological polar surface area (TPSA) is 315 Å². The van der Waals surface area contributed by atoms with Crippen LogP contribution in [0.4, 0.5) is 13.2 Å². The van der Waals surface area contributed by atoms with Crippen LogP contribution in [0.1, 0.15) is 66.6 Å². The van der Waals surface area contributed by atoms with Crippen LogP contribution in [0.2, 0.25) is 20.1 Å². The van der Waals surface area contributed by atoms with Gasteiger partial charge in [-0.25, -0.2) is 19.2 Å². The van der Waals surface area contributed by atoms with Gasteiger partial charge in [0.15, 0.2) is 36.0 Å². The predicted octanol–water partition coefficient (Wildman–Crippen LogP) is 18.2. The summed E-state index contributed by atoms with van der Waals surface area (Å²) >= 11 is 30.2. The number of ether oxygens (including phenoxy) is 3. The standard InChI is InChI=1S/C26H25ClO4.C22H19ClO3.C15H13ClO3.C9H9BrO3.C7H7Br.C6H6BClO2.C5H7F3O4S/c1-18(28)19(2)31-25(26(29)30-17-21-7-4-3-5-8-21)15-20-11-13-22(14-12-20)23-9-6-10-24(27)16-23;23-20-8-4-7-19(14-20)18-11-9-16(10-12-18)13-21(24)22(25)26-15-17-5-2-1-3-6-17;16-13-3-1-2-12(9-13)11-6-4-10(5-7-11)8-14(17)15(18)19;10-7-3-1-6(2-4-7)5-8(11)9(12)13;8-6-7-4-2-1-3-5-7;8-6-3-1-2-5(4-6)7(9)10;1-3(9)4(2)12-13(10,11)5(6,7)8/h3-14,16,19,25H,15,17H2,1-2H3;1-12,14,21,24H,13,15H2;1-7,9,14,17H,8H2,(H,18,19);1-4,8,11H,5H2,(H,12,13);1-5H,6H2;1-4,9-10H;4H,1-2H3/t19-,25-;21-;14-;8-;;;4-/m0000..1/s1. The molecule has 19 nitrogen and oxygen atoms in total. The summed E-state index contributed by atoms with van der Waals surface area (Å²) in [5, 5.41) is 66.3. The number of aliphatic hydroxyl groups excluding tert-OH is 3. The first-order valence-electron chi connectivity index (χ1n) is 36.5. The lowest BCUT2D eigenvalue weighted by Crippen LogP contribution is -2.34. The third-order valence-electron chi connectivity index (χ3n) is 16.7. The van der Waals surface area contributed by atoms with Crippen molar-refractivity contribution in [3.05, 3.63) is 349 Å². The third-order valence-corrected chi connectivity index (χ3v) is 19.9. The molecule has 0 saturated carbocycles. The van der Waals surface area contributed by atoms with Crippen molar-refractivity contribution in [3.8, 4) is 33.4 Å². The molecule has 0 aromatic heterocycles. The highest BCUT2D eigenvalue weighted by Gasteiger charge is 2.48. The lowest BCUT2D eigenvalue weighted by molar-refractivity contribution is -0.163. The van der Waals surface area contributed by atoms with Crippen molar-refractivity contribution in [1.29, 1.82) is 0 Å². The minimum absolute atomic E-state index is 0.102. The van der Waals surface area contributed by atoms with Crippen molar-refractivity contribution >= 4 is 136 Å². The lowest BCUT2D eigenvalue weighted by atomic mass is 9.81. The van der Waals surface area contributed by atoms with Crippen molar-refractivity contribution in [1.82, 2.24) is 0 Å². The quantitative estimate of drug-likeness (QED) is 0.00827. The average molecular weight is 1870 g/mol. The first kappa shape index (κ1) is 101. The molecule has 0 radical (unpaired) electrons. The molecule has 30 heteroatoms. The Morgan fingerprint density at radius 2 is 0.733 bits per heavy atom. The summed E-state index contributed by atoms with van der Waals surface area (Å²) in [6.07, 6.45) is -6.29. The Morgan fingerprint density at radius 3 is 1.04 bits per heavy atom. The molecule has 120 heavy (non-hydrogen) atoms. The summed E-state index contributed by atoms with van der Waals surface area (Å²) in [6.45, 7) is 5.24. The molecule has 0 aliphatic heterocycles. The molecule has 0 aliphatic rings. The molecule has 11 rings (SSSR count). The molecule has 0 saturated heterocycles. The van der Waals surface area contributed by atoms with Crippen LogP contribution in [0.5, 0.6) is 0 Å². The van der Waals surface area contributed by atoms with E-state index in [9.17, 15) is 60.6 Å². The van der Waals surface area contributed by atoms with Crippen molar-refractivity contribution < 1.29 is 104 Å². The summed E-state index contributed by atoms with van der Waals surface area (Å²) in [5.41, 5.74) is 7.45. The van der Waals surface area contributed by atoms with Crippen molar-refractivity contribution in [2.75, 3.05) is 0 Å². The van der Waals surface area contributed by atoms with Gasteiger partial charge in [-0.05, 0) is 166 Å². The highest BCUT2D eigenvalue weighted by molar-refractivity contribution is 9.10. The maximum absolute atomic E-state index is 12.7. The van der Waals surface area contributed by atoms with Gasteiger partial charge in [0, 0.05) is 55.6 Å². The van der Waals surface area contributed by atoms with Gasteiger partial charge in [-0.1, -0.05) is 303 Å². The normalized spacial score (nSPS) is 12.2. The van der Waals surface area contributed by atoms with Gasteiger partial charge in [0.25, 0.3) is 0 Å². The second-order valence-electron chi connectivity index (χ2n) is 26.1. The smallest absolute Gasteiger partial charge is 0.479 e. The molecular formula is C90H86BBr2Cl4F3O19S. The number of Topliss-reactive ketones (excluding diaryl/α,β-unsaturated/α-hetero) is 2. The Bertz CT molecular complexity index is 5120. The maximum atomic E-state index is 12.7. The molecule has 6 atom stereocenters. The van der Waals surface area contributed by atoms with E-state index in [-0.39, 0.29) is 38.3 Å². The molecular weight excluding hydrogens is 1790 g/mol. The number of hydrogen-bond donors (Lipinski definition) is 7. The highest BCUT2D eigenvalue weighted by atomic mass is 79.9. The first-order chi connectivity index (χ1) is 56.9. The number of carbonyl (C=O) groups is 6. The van der Waals surface area contributed by atoms with Gasteiger partial charge in [-0.2, -0.15) is 21.6 Å². The van der Waals surface area contributed by atoms with Crippen LogP contribution in [0.25, 0.3) is 33.4 Å². The molecule has 0 aliphatic carbocycles. The van der Waals surface area contributed by atoms with Crippen LogP contribution in [-0.4, -0.2) is 129 Å². The van der Waals surface area contributed by atoms with Crippen molar-refractivity contribution in [2.45, 2.75) is 114 Å². The van der Waals surface area contributed by atoms with E-state index in [1.165, 1.54) is 18.6 Å². The number of aliphatic carboxylic acids is 2. The summed E-state index contributed by atoms with van der Waals surface area (Å²) in [6, 6.07) is 88.3. The van der Waals surface area contributed by atoms with Crippen LogP contribution in [0.15, 0.2) is 290 Å². The number of benzene rings is 11. The number of carboxylic acids is 2. The molecule has 632 valence electrons. The SMILES string of the molecule is BrCc1ccccc1.CC(=O)[C@@H](C)OS(=O)(=O)C(F)(F)F.CC(=O)[C@H](C)O[C@@H](Cc1ccc(-c2cccc(Cl)c2)cc1)C(=O)OCc1ccccc1.O=C(O)[C@@H](O)Cc1ccc(-c2cccc(Cl)c2)cc1.O=C(O)[C@@H](O)Cc1ccc(Br)cc1.O=C(OCc1ccccc1)[C@@H](O)Cc1ccc(-c2cccc(Cl)c2)cc1.OB(O)c1cccc(Cl)c1. The fourth-order valence-corrected chi connectivity index (χ4v) is 12.0. The van der Waals surface area contributed by atoms with E-state index in [0.717, 1.165) is 90.4 Å². The zero-order valence-corrected chi connectivity index (χ0v) is 72.0. The number of halogens is 9.